The Morgan fingerprint density at radius 3 is 2.82 bits per heavy atom. The summed E-state index contributed by atoms with van der Waals surface area (Å²) in [5.41, 5.74) is 0.355. The zero-order valence-corrected chi connectivity index (χ0v) is 11.2. The molecule has 1 aliphatic rings. The number of aromatic hydroxyl groups is 1. The molecule has 0 aliphatic carbocycles. The Morgan fingerprint density at radius 1 is 1.59 bits per heavy atom. The lowest BCUT2D eigenvalue weighted by Crippen LogP contribution is -2.58. The first kappa shape index (κ1) is 12.4. The van der Waals surface area contributed by atoms with E-state index in [1.165, 1.54) is 6.07 Å². The number of carbonyl (C=O) groups is 1. The van der Waals surface area contributed by atoms with Crippen molar-refractivity contribution in [1.29, 1.82) is 0 Å². The van der Waals surface area contributed by atoms with Crippen LogP contribution in [0.3, 0.4) is 0 Å². The highest BCUT2D eigenvalue weighted by Gasteiger charge is 2.29. The van der Waals surface area contributed by atoms with Crippen LogP contribution in [0.2, 0.25) is 0 Å². The number of benzene rings is 1. The Bertz CT molecular complexity index is 433. The minimum Gasteiger partial charge on any atom is -0.507 e. The fraction of sp³-hybridized carbons (Fsp3) is 0.417. The summed E-state index contributed by atoms with van der Waals surface area (Å²) in [6, 6.07) is 5.15. The lowest BCUT2D eigenvalue weighted by atomic mass is 10.1. The molecule has 17 heavy (non-hydrogen) atoms. The summed E-state index contributed by atoms with van der Waals surface area (Å²) in [6.07, 6.45) is 0. The van der Waals surface area contributed by atoms with Crippen LogP contribution in [0.15, 0.2) is 22.7 Å². The molecule has 0 bridgehead atoms. The fourth-order valence-corrected chi connectivity index (χ4v) is 2.26. The van der Waals surface area contributed by atoms with Crippen molar-refractivity contribution < 1.29 is 9.90 Å². The highest BCUT2D eigenvalue weighted by atomic mass is 79.9. The van der Waals surface area contributed by atoms with E-state index in [2.05, 4.69) is 21.2 Å². The number of likely N-dealkylation sites (N-methyl/N-ethyl adjacent to an activating group) is 1. The summed E-state index contributed by atoms with van der Waals surface area (Å²) >= 11 is 3.31. The van der Waals surface area contributed by atoms with Gasteiger partial charge in [0.15, 0.2) is 0 Å². The summed E-state index contributed by atoms with van der Waals surface area (Å²) in [5.74, 6) is -0.0817. The molecule has 1 saturated heterocycles. The van der Waals surface area contributed by atoms with Crippen molar-refractivity contribution in [2.24, 2.45) is 0 Å². The van der Waals surface area contributed by atoms with Crippen molar-refractivity contribution in [3.05, 3.63) is 28.2 Å². The third-order valence-corrected chi connectivity index (χ3v) is 3.48. The minimum absolute atomic E-state index is 0.0314. The topological polar surface area (TPSA) is 52.6 Å². The van der Waals surface area contributed by atoms with Gasteiger partial charge >= 0.3 is 0 Å². The van der Waals surface area contributed by atoms with Crippen molar-refractivity contribution in [1.82, 2.24) is 10.2 Å². The van der Waals surface area contributed by atoms with Gasteiger partial charge in [-0.15, -0.1) is 0 Å². The van der Waals surface area contributed by atoms with E-state index in [0.29, 0.717) is 12.1 Å². The lowest BCUT2D eigenvalue weighted by Gasteiger charge is -2.37. The van der Waals surface area contributed by atoms with Crippen molar-refractivity contribution >= 4 is 21.8 Å². The van der Waals surface area contributed by atoms with E-state index in [1.54, 1.807) is 17.0 Å². The highest BCUT2D eigenvalue weighted by Crippen LogP contribution is 2.24. The molecule has 5 heteroatoms. The maximum atomic E-state index is 12.3. The number of halogens is 1. The first-order valence-corrected chi connectivity index (χ1v) is 6.43. The molecule has 4 nitrogen and oxygen atoms in total. The molecule has 1 amide bonds. The third-order valence-electron chi connectivity index (χ3n) is 2.99. The molecule has 0 radical (unpaired) electrons. The number of nitrogens with zero attached hydrogens (tertiary/aromatic N) is 1. The largest absolute Gasteiger partial charge is 0.507 e. The van der Waals surface area contributed by atoms with E-state index in [-0.39, 0.29) is 17.7 Å². The van der Waals surface area contributed by atoms with Gasteiger partial charge in [-0.25, -0.2) is 0 Å². The molecule has 0 unspecified atom stereocenters. The van der Waals surface area contributed by atoms with Gasteiger partial charge in [0.2, 0.25) is 0 Å². The number of hydrogen-bond acceptors (Lipinski definition) is 3. The predicted molar refractivity (Wildman–Crippen MR) is 69.2 cm³/mol. The summed E-state index contributed by atoms with van der Waals surface area (Å²) < 4.78 is 0.793. The minimum atomic E-state index is -0.113. The summed E-state index contributed by atoms with van der Waals surface area (Å²) in [5, 5.41) is 12.9. The van der Waals surface area contributed by atoms with Gasteiger partial charge in [0.1, 0.15) is 5.75 Å². The van der Waals surface area contributed by atoms with Gasteiger partial charge in [-0.1, -0.05) is 15.9 Å². The van der Waals surface area contributed by atoms with Gasteiger partial charge in [-0.2, -0.15) is 0 Å². The smallest absolute Gasteiger partial charge is 0.257 e. The van der Waals surface area contributed by atoms with Crippen molar-refractivity contribution in [2.45, 2.75) is 13.0 Å². The summed E-state index contributed by atoms with van der Waals surface area (Å²) in [4.78, 5) is 14.1. The number of nitrogens with one attached hydrogen (secondary N) is 1. The number of hydrogen-bond donors (Lipinski definition) is 2. The second-order valence-corrected chi connectivity index (χ2v) is 4.98. The first-order chi connectivity index (χ1) is 8.13. The van der Waals surface area contributed by atoms with Crippen LogP contribution < -0.4 is 5.32 Å². The van der Waals surface area contributed by atoms with Gasteiger partial charge in [-0.3, -0.25) is 4.79 Å². The monoisotopic (exact) mass is 298 g/mol. The Labute approximate surface area is 109 Å². The highest BCUT2D eigenvalue weighted by molar-refractivity contribution is 9.10. The molecule has 1 aromatic carbocycles. The average Bonchev–Trinajstić information content (AvgIpc) is 2.25. The Hall–Kier alpha value is -1.07. The molecule has 0 saturated carbocycles. The van der Waals surface area contributed by atoms with E-state index in [0.717, 1.165) is 17.6 Å². The Kier molecular flexibility index (Phi) is 3.69. The second kappa shape index (κ2) is 5.06. The van der Waals surface area contributed by atoms with Gasteiger partial charge in [0.05, 0.1) is 11.6 Å². The average molecular weight is 299 g/mol. The Balaban J connectivity index is 2.25. The maximum Gasteiger partial charge on any atom is 0.257 e. The van der Waals surface area contributed by atoms with E-state index in [4.69, 9.17) is 0 Å². The van der Waals surface area contributed by atoms with E-state index >= 15 is 0 Å². The van der Waals surface area contributed by atoms with E-state index in [9.17, 15) is 9.90 Å². The number of phenols is 1. The first-order valence-electron chi connectivity index (χ1n) is 5.63. The molecule has 2 N–H and O–H groups in total. The molecule has 1 aromatic rings. The molecule has 1 fully saturated rings. The molecule has 1 heterocycles. The molecule has 0 atom stereocenters. The number of carbonyl (C=O) groups excluding carboxylic acids is 1. The van der Waals surface area contributed by atoms with Crippen molar-refractivity contribution in [3.8, 4) is 5.75 Å². The molecule has 2 rings (SSSR count). The number of phenolic OH excluding ortho intramolecular Hbond substituents is 1. The Morgan fingerprint density at radius 2 is 2.29 bits per heavy atom. The fourth-order valence-electron chi connectivity index (χ4n) is 1.90. The molecule has 0 spiro atoms. The quantitative estimate of drug-likeness (QED) is 0.891. The van der Waals surface area contributed by atoms with E-state index in [1.807, 2.05) is 6.92 Å². The molecule has 92 valence electrons. The number of rotatable bonds is 3. The van der Waals surface area contributed by atoms with Crippen LogP contribution in [0.4, 0.5) is 0 Å². The van der Waals surface area contributed by atoms with Gasteiger partial charge in [0.25, 0.3) is 5.91 Å². The van der Waals surface area contributed by atoms with Gasteiger partial charge in [-0.05, 0) is 25.1 Å². The normalized spacial score (nSPS) is 15.4. The SMILES string of the molecule is CCN(C(=O)c1cc(Br)ccc1O)C1CNC1. The molecule has 0 aromatic heterocycles. The maximum absolute atomic E-state index is 12.3. The van der Waals surface area contributed by atoms with Crippen LogP contribution >= 0.6 is 15.9 Å². The zero-order valence-electron chi connectivity index (χ0n) is 9.61. The molecule has 1 aliphatic heterocycles. The summed E-state index contributed by atoms with van der Waals surface area (Å²) in [7, 11) is 0. The summed E-state index contributed by atoms with van der Waals surface area (Å²) in [6.45, 7) is 4.26. The standard InChI is InChI=1S/C12H15BrN2O2/c1-2-15(9-6-14-7-9)12(17)10-5-8(13)3-4-11(10)16/h3-5,9,14,16H,2,6-7H2,1H3. The van der Waals surface area contributed by atoms with Crippen LogP contribution in [0.25, 0.3) is 0 Å². The zero-order chi connectivity index (χ0) is 12.4. The van der Waals surface area contributed by atoms with Crippen LogP contribution in [0.5, 0.6) is 5.75 Å². The molecular weight excluding hydrogens is 284 g/mol. The van der Waals surface area contributed by atoms with Gasteiger partial charge in [0, 0.05) is 24.1 Å². The third kappa shape index (κ3) is 2.45. The van der Waals surface area contributed by atoms with Crippen LogP contribution in [0.1, 0.15) is 17.3 Å². The number of amides is 1. The van der Waals surface area contributed by atoms with Crippen LogP contribution in [-0.4, -0.2) is 41.6 Å². The van der Waals surface area contributed by atoms with Gasteiger partial charge < -0.3 is 15.3 Å². The molecular formula is C12H15BrN2O2. The second-order valence-electron chi connectivity index (χ2n) is 4.06. The predicted octanol–water partition coefficient (Wildman–Crippen LogP) is 1.59. The van der Waals surface area contributed by atoms with Crippen molar-refractivity contribution in [2.75, 3.05) is 19.6 Å². The lowest BCUT2D eigenvalue weighted by molar-refractivity contribution is 0.0627. The van der Waals surface area contributed by atoms with E-state index < -0.39 is 0 Å². The van der Waals surface area contributed by atoms with Crippen LogP contribution in [-0.2, 0) is 0 Å². The van der Waals surface area contributed by atoms with Crippen molar-refractivity contribution in [3.63, 3.8) is 0 Å². The van der Waals surface area contributed by atoms with Crippen LogP contribution in [0, 0.1) is 0 Å².